The van der Waals surface area contributed by atoms with Crippen molar-refractivity contribution in [1.29, 1.82) is 0 Å². The van der Waals surface area contributed by atoms with Gasteiger partial charge in [0.1, 0.15) is 10.4 Å². The lowest BCUT2D eigenvalue weighted by atomic mass is 10.3. The highest BCUT2D eigenvalue weighted by atomic mass is 35.7. The van der Waals surface area contributed by atoms with Crippen LogP contribution in [0.1, 0.15) is 0 Å². The molecule has 0 amide bonds. The molecule has 80 valence electrons. The van der Waals surface area contributed by atoms with Gasteiger partial charge in [0.15, 0.2) is 0 Å². The second-order valence-electron chi connectivity index (χ2n) is 2.77. The van der Waals surface area contributed by atoms with Crippen molar-refractivity contribution >= 4 is 54.0 Å². The lowest BCUT2D eigenvalue weighted by Crippen LogP contribution is -1.92. The maximum atomic E-state index is 11.2. The molecular weight excluding hydrogens is 283 g/mol. The number of fused-ring (bicyclic) bond motifs is 1. The number of aromatic nitrogens is 2. The molecule has 0 aliphatic heterocycles. The maximum absolute atomic E-state index is 11.2. The minimum absolute atomic E-state index is 0.0776. The zero-order valence-corrected chi connectivity index (χ0v) is 10.0. The SMILES string of the molecule is O=S(=O)(Cl)c1cc(Cl)cc2[nH]c(Cl)nc12. The third-order valence-electron chi connectivity index (χ3n) is 1.75. The van der Waals surface area contributed by atoms with E-state index >= 15 is 0 Å². The van der Waals surface area contributed by atoms with E-state index in [-0.39, 0.29) is 20.7 Å². The molecule has 1 N–H and O–H groups in total. The van der Waals surface area contributed by atoms with Gasteiger partial charge in [-0.15, -0.1) is 0 Å². The maximum Gasteiger partial charge on any atom is 0.263 e. The Labute approximate surface area is 99.6 Å². The normalized spacial score (nSPS) is 12.2. The van der Waals surface area contributed by atoms with Crippen LogP contribution in [0.25, 0.3) is 11.0 Å². The average molecular weight is 286 g/mol. The highest BCUT2D eigenvalue weighted by Gasteiger charge is 2.18. The second-order valence-corrected chi connectivity index (χ2v) is 6.09. The number of H-pyrrole nitrogens is 1. The van der Waals surface area contributed by atoms with Crippen LogP contribution < -0.4 is 0 Å². The number of halogens is 3. The average Bonchev–Trinajstić information content (AvgIpc) is 2.41. The zero-order valence-electron chi connectivity index (χ0n) is 6.96. The molecule has 0 fully saturated rings. The van der Waals surface area contributed by atoms with Gasteiger partial charge in [-0.2, -0.15) is 0 Å². The van der Waals surface area contributed by atoms with Crippen LogP contribution in [0.15, 0.2) is 17.0 Å². The topological polar surface area (TPSA) is 62.8 Å². The van der Waals surface area contributed by atoms with Crippen LogP contribution in [-0.2, 0) is 9.05 Å². The third kappa shape index (κ3) is 2.06. The number of imidazole rings is 1. The van der Waals surface area contributed by atoms with Gasteiger partial charge in [-0.3, -0.25) is 0 Å². The molecule has 0 spiro atoms. The summed E-state index contributed by atoms with van der Waals surface area (Å²) in [6.45, 7) is 0. The van der Waals surface area contributed by atoms with Crippen LogP contribution in [0, 0.1) is 0 Å². The van der Waals surface area contributed by atoms with Crippen LogP contribution in [0.4, 0.5) is 0 Å². The Kier molecular flexibility index (Phi) is 2.58. The van der Waals surface area contributed by atoms with Crippen molar-refractivity contribution in [3.05, 3.63) is 22.4 Å². The Morgan fingerprint density at radius 3 is 2.53 bits per heavy atom. The fraction of sp³-hybridized carbons (Fsp3) is 0. The molecule has 0 aliphatic carbocycles. The summed E-state index contributed by atoms with van der Waals surface area (Å²) in [6, 6.07) is 2.74. The Morgan fingerprint density at radius 1 is 1.27 bits per heavy atom. The number of hydrogen-bond donors (Lipinski definition) is 1. The molecule has 1 aromatic heterocycles. The highest BCUT2D eigenvalue weighted by molar-refractivity contribution is 8.14. The predicted octanol–water partition coefficient (Wildman–Crippen LogP) is 2.80. The van der Waals surface area contributed by atoms with Gasteiger partial charge in [0, 0.05) is 15.7 Å². The molecule has 1 aromatic carbocycles. The summed E-state index contributed by atoms with van der Waals surface area (Å²) in [7, 11) is 1.34. The number of rotatable bonds is 1. The quantitative estimate of drug-likeness (QED) is 0.820. The Balaban J connectivity index is 2.94. The van der Waals surface area contributed by atoms with Crippen molar-refractivity contribution in [2.75, 3.05) is 0 Å². The molecule has 15 heavy (non-hydrogen) atoms. The largest absolute Gasteiger partial charge is 0.328 e. The lowest BCUT2D eigenvalue weighted by molar-refractivity contribution is 0.610. The molecule has 4 nitrogen and oxygen atoms in total. The number of nitrogens with one attached hydrogen (secondary N) is 1. The van der Waals surface area contributed by atoms with Crippen LogP contribution in [0.2, 0.25) is 10.3 Å². The minimum atomic E-state index is -3.89. The Morgan fingerprint density at radius 2 is 1.93 bits per heavy atom. The van der Waals surface area contributed by atoms with E-state index in [2.05, 4.69) is 9.97 Å². The number of benzene rings is 1. The van der Waals surface area contributed by atoms with Gasteiger partial charge in [0.2, 0.25) is 5.28 Å². The fourth-order valence-corrected chi connectivity index (χ4v) is 2.68. The van der Waals surface area contributed by atoms with Gasteiger partial charge < -0.3 is 4.98 Å². The van der Waals surface area contributed by atoms with Crippen molar-refractivity contribution < 1.29 is 8.42 Å². The molecule has 0 atom stereocenters. The Bertz CT molecular complexity index is 635. The van der Waals surface area contributed by atoms with E-state index in [0.29, 0.717) is 5.52 Å². The van der Waals surface area contributed by atoms with Crippen LogP contribution in [0.5, 0.6) is 0 Å². The molecule has 1 heterocycles. The minimum Gasteiger partial charge on any atom is -0.328 e. The van der Waals surface area contributed by atoms with E-state index < -0.39 is 9.05 Å². The van der Waals surface area contributed by atoms with Crippen LogP contribution >= 0.6 is 33.9 Å². The molecular formula is C7H3Cl3N2O2S. The summed E-state index contributed by atoms with van der Waals surface area (Å²) in [6.07, 6.45) is 0. The molecule has 0 unspecified atom stereocenters. The summed E-state index contributed by atoms with van der Waals surface area (Å²) in [5.41, 5.74) is 0.603. The summed E-state index contributed by atoms with van der Waals surface area (Å²) in [4.78, 5) is 6.31. The first-order valence-corrected chi connectivity index (χ1v) is 6.74. The van der Waals surface area contributed by atoms with Gasteiger partial charge >= 0.3 is 0 Å². The van der Waals surface area contributed by atoms with Crippen molar-refractivity contribution in [2.24, 2.45) is 0 Å². The number of aromatic amines is 1. The lowest BCUT2D eigenvalue weighted by Gasteiger charge is -1.98. The van der Waals surface area contributed by atoms with Crippen molar-refractivity contribution in [3.8, 4) is 0 Å². The number of nitrogens with zero attached hydrogens (tertiary/aromatic N) is 1. The summed E-state index contributed by atoms with van der Waals surface area (Å²) in [5.74, 6) is 0. The first-order chi connectivity index (χ1) is 6.88. The standard InChI is InChI=1S/C7H3Cl3N2O2S/c8-3-1-4-6(12-7(9)11-4)5(2-3)15(10,13)14/h1-2H,(H,11,12). The monoisotopic (exact) mass is 284 g/mol. The van der Waals surface area contributed by atoms with E-state index in [9.17, 15) is 8.42 Å². The Hall–Kier alpha value is -0.490. The fourth-order valence-electron chi connectivity index (χ4n) is 1.21. The van der Waals surface area contributed by atoms with E-state index in [4.69, 9.17) is 33.9 Å². The first-order valence-electron chi connectivity index (χ1n) is 3.67. The molecule has 0 radical (unpaired) electrons. The van der Waals surface area contributed by atoms with Crippen molar-refractivity contribution in [3.63, 3.8) is 0 Å². The van der Waals surface area contributed by atoms with E-state index in [1.54, 1.807) is 0 Å². The van der Waals surface area contributed by atoms with E-state index in [0.717, 1.165) is 0 Å². The molecule has 0 bridgehead atoms. The molecule has 0 saturated carbocycles. The van der Waals surface area contributed by atoms with Gasteiger partial charge in [-0.05, 0) is 23.7 Å². The molecule has 2 aromatic rings. The van der Waals surface area contributed by atoms with Crippen LogP contribution in [0.3, 0.4) is 0 Å². The third-order valence-corrected chi connectivity index (χ3v) is 3.48. The highest BCUT2D eigenvalue weighted by Crippen LogP contribution is 2.28. The van der Waals surface area contributed by atoms with Crippen molar-refractivity contribution in [2.45, 2.75) is 4.90 Å². The van der Waals surface area contributed by atoms with Crippen molar-refractivity contribution in [1.82, 2.24) is 9.97 Å². The number of hydrogen-bond acceptors (Lipinski definition) is 3. The summed E-state index contributed by atoms with van der Waals surface area (Å²) < 4.78 is 22.4. The van der Waals surface area contributed by atoms with Gasteiger partial charge in [-0.25, -0.2) is 13.4 Å². The molecule has 0 saturated heterocycles. The predicted molar refractivity (Wildman–Crippen MR) is 59.2 cm³/mol. The van der Waals surface area contributed by atoms with Gasteiger partial charge in [0.05, 0.1) is 5.52 Å². The van der Waals surface area contributed by atoms with Gasteiger partial charge in [0.25, 0.3) is 9.05 Å². The molecule has 8 heteroatoms. The van der Waals surface area contributed by atoms with Gasteiger partial charge in [-0.1, -0.05) is 11.6 Å². The van der Waals surface area contributed by atoms with E-state index in [1.165, 1.54) is 12.1 Å². The van der Waals surface area contributed by atoms with Crippen LogP contribution in [-0.4, -0.2) is 18.4 Å². The molecule has 0 aliphatic rings. The second kappa shape index (κ2) is 3.52. The smallest absolute Gasteiger partial charge is 0.263 e. The van der Waals surface area contributed by atoms with E-state index in [1.807, 2.05) is 0 Å². The first kappa shape index (κ1) is 11.0. The summed E-state index contributed by atoms with van der Waals surface area (Å²) in [5, 5.41) is 0.316. The summed E-state index contributed by atoms with van der Waals surface area (Å²) >= 11 is 11.3. The molecule has 2 rings (SSSR count). The zero-order chi connectivity index (χ0) is 11.2.